The Kier molecular flexibility index (Phi) is 3.78. The van der Waals surface area contributed by atoms with Gasteiger partial charge in [0.15, 0.2) is 0 Å². The second-order valence-electron chi connectivity index (χ2n) is 5.39. The van der Waals surface area contributed by atoms with Crippen molar-refractivity contribution in [3.8, 4) is 0 Å². The first-order chi connectivity index (χ1) is 6.04. The fourth-order valence-electron chi connectivity index (χ4n) is 2.30. The van der Waals surface area contributed by atoms with Crippen LogP contribution in [0.4, 0.5) is 0 Å². The van der Waals surface area contributed by atoms with Crippen LogP contribution in [0.3, 0.4) is 0 Å². The van der Waals surface area contributed by atoms with E-state index in [1.54, 1.807) is 0 Å². The molecule has 1 saturated heterocycles. The fourth-order valence-corrected chi connectivity index (χ4v) is 2.30. The number of rotatable bonds is 2. The number of hydrogen-bond donors (Lipinski definition) is 0. The van der Waals surface area contributed by atoms with E-state index in [0.29, 0.717) is 5.54 Å². The van der Waals surface area contributed by atoms with E-state index in [-0.39, 0.29) is 0 Å². The number of nitrogens with zero attached hydrogens (tertiary/aromatic N) is 1. The van der Waals surface area contributed by atoms with Gasteiger partial charge in [0.05, 0.1) is 0 Å². The molecule has 0 unspecified atom stereocenters. The van der Waals surface area contributed by atoms with E-state index in [1.807, 2.05) is 0 Å². The Balaban J connectivity index is 2.30. The van der Waals surface area contributed by atoms with Crippen LogP contribution in [0.5, 0.6) is 0 Å². The Morgan fingerprint density at radius 2 is 1.69 bits per heavy atom. The highest BCUT2D eigenvalue weighted by Crippen LogP contribution is 2.26. The van der Waals surface area contributed by atoms with Gasteiger partial charge in [0, 0.05) is 5.54 Å². The minimum Gasteiger partial charge on any atom is -0.298 e. The lowest BCUT2D eigenvalue weighted by Gasteiger charge is -2.40. The van der Waals surface area contributed by atoms with Crippen LogP contribution in [0.15, 0.2) is 0 Å². The van der Waals surface area contributed by atoms with Gasteiger partial charge in [-0.2, -0.15) is 0 Å². The maximum Gasteiger partial charge on any atom is 0.0125 e. The van der Waals surface area contributed by atoms with Gasteiger partial charge < -0.3 is 0 Å². The van der Waals surface area contributed by atoms with E-state index < -0.39 is 0 Å². The van der Waals surface area contributed by atoms with Crippen molar-refractivity contribution in [1.82, 2.24) is 4.90 Å². The lowest BCUT2D eigenvalue weighted by molar-refractivity contribution is 0.0852. The van der Waals surface area contributed by atoms with Crippen LogP contribution in [0, 0.1) is 5.92 Å². The van der Waals surface area contributed by atoms with Crippen molar-refractivity contribution in [2.45, 2.75) is 58.9 Å². The zero-order valence-corrected chi connectivity index (χ0v) is 9.77. The van der Waals surface area contributed by atoms with E-state index >= 15 is 0 Å². The van der Waals surface area contributed by atoms with Crippen LogP contribution in [-0.2, 0) is 0 Å². The Morgan fingerprint density at radius 1 is 1.15 bits per heavy atom. The Morgan fingerprint density at radius 3 is 2.08 bits per heavy atom. The normalized spacial score (nSPS) is 22.2. The third kappa shape index (κ3) is 3.30. The number of likely N-dealkylation sites (tertiary alicyclic amines) is 1. The zero-order chi connectivity index (χ0) is 9.90. The predicted octanol–water partition coefficient (Wildman–Crippen LogP) is 3.30. The summed E-state index contributed by atoms with van der Waals surface area (Å²) < 4.78 is 0. The molecule has 0 saturated carbocycles. The van der Waals surface area contributed by atoms with Gasteiger partial charge >= 0.3 is 0 Å². The highest BCUT2D eigenvalue weighted by molar-refractivity contribution is 4.81. The first-order valence-electron chi connectivity index (χ1n) is 5.79. The number of hydrogen-bond acceptors (Lipinski definition) is 1. The Labute approximate surface area is 83.5 Å². The molecule has 1 nitrogen and oxygen atoms in total. The summed E-state index contributed by atoms with van der Waals surface area (Å²) >= 11 is 0. The SMILES string of the molecule is CCCC1CCN(C(C)(C)C)CC1. The molecule has 0 atom stereocenters. The highest BCUT2D eigenvalue weighted by Gasteiger charge is 2.26. The van der Waals surface area contributed by atoms with Crippen LogP contribution in [0.25, 0.3) is 0 Å². The summed E-state index contributed by atoms with van der Waals surface area (Å²) in [5.74, 6) is 1.02. The van der Waals surface area contributed by atoms with E-state index in [9.17, 15) is 0 Å². The molecule has 0 bridgehead atoms. The minimum atomic E-state index is 0.386. The van der Waals surface area contributed by atoms with E-state index in [2.05, 4.69) is 32.6 Å². The largest absolute Gasteiger partial charge is 0.298 e. The standard InChI is InChI=1S/C12H25N/c1-5-6-11-7-9-13(10-8-11)12(2,3)4/h11H,5-10H2,1-4H3. The zero-order valence-electron chi connectivity index (χ0n) is 9.77. The highest BCUT2D eigenvalue weighted by atomic mass is 15.2. The maximum absolute atomic E-state index is 2.62. The van der Waals surface area contributed by atoms with Crippen LogP contribution in [-0.4, -0.2) is 23.5 Å². The number of piperidine rings is 1. The second-order valence-corrected chi connectivity index (χ2v) is 5.39. The van der Waals surface area contributed by atoms with E-state index in [0.717, 1.165) is 5.92 Å². The van der Waals surface area contributed by atoms with Crippen molar-refractivity contribution in [3.05, 3.63) is 0 Å². The average Bonchev–Trinajstić information content (AvgIpc) is 2.04. The Bertz CT molecular complexity index is 138. The average molecular weight is 183 g/mol. The molecule has 0 aromatic carbocycles. The molecule has 1 rings (SSSR count). The summed E-state index contributed by atoms with van der Waals surface area (Å²) in [6.07, 6.45) is 5.65. The van der Waals surface area contributed by atoms with E-state index in [4.69, 9.17) is 0 Å². The smallest absolute Gasteiger partial charge is 0.0125 e. The molecule has 1 aliphatic rings. The minimum absolute atomic E-state index is 0.386. The van der Waals surface area contributed by atoms with E-state index in [1.165, 1.54) is 38.8 Å². The van der Waals surface area contributed by atoms with Crippen LogP contribution in [0.2, 0.25) is 0 Å². The Hall–Kier alpha value is -0.0400. The topological polar surface area (TPSA) is 3.24 Å². The summed E-state index contributed by atoms with van der Waals surface area (Å²) in [5, 5.41) is 0. The fraction of sp³-hybridized carbons (Fsp3) is 1.00. The molecule has 0 N–H and O–H groups in total. The summed E-state index contributed by atoms with van der Waals surface area (Å²) in [7, 11) is 0. The molecule has 1 heteroatoms. The molecule has 0 aromatic rings. The quantitative estimate of drug-likeness (QED) is 0.635. The molecule has 1 heterocycles. The summed E-state index contributed by atoms with van der Waals surface area (Å²) in [4.78, 5) is 2.62. The molecule has 0 aliphatic carbocycles. The third-order valence-corrected chi connectivity index (χ3v) is 3.26. The van der Waals surface area contributed by atoms with Crippen LogP contribution in [0.1, 0.15) is 53.4 Å². The van der Waals surface area contributed by atoms with Gasteiger partial charge in [-0.15, -0.1) is 0 Å². The van der Waals surface area contributed by atoms with Crippen molar-refractivity contribution in [1.29, 1.82) is 0 Å². The molecular weight excluding hydrogens is 158 g/mol. The van der Waals surface area contributed by atoms with Gasteiger partial charge in [-0.1, -0.05) is 19.8 Å². The summed E-state index contributed by atoms with van der Waals surface area (Å²) in [6, 6.07) is 0. The van der Waals surface area contributed by atoms with Crippen molar-refractivity contribution < 1.29 is 0 Å². The van der Waals surface area contributed by atoms with Crippen molar-refractivity contribution >= 4 is 0 Å². The van der Waals surface area contributed by atoms with Gasteiger partial charge in [-0.05, 0) is 52.6 Å². The van der Waals surface area contributed by atoms with Crippen LogP contribution < -0.4 is 0 Å². The van der Waals surface area contributed by atoms with Crippen molar-refractivity contribution in [3.63, 3.8) is 0 Å². The van der Waals surface area contributed by atoms with Gasteiger partial charge in [-0.3, -0.25) is 4.90 Å². The molecule has 78 valence electrons. The third-order valence-electron chi connectivity index (χ3n) is 3.26. The van der Waals surface area contributed by atoms with Gasteiger partial charge in [0.1, 0.15) is 0 Å². The molecule has 0 aromatic heterocycles. The van der Waals surface area contributed by atoms with Crippen molar-refractivity contribution in [2.75, 3.05) is 13.1 Å². The lowest BCUT2D eigenvalue weighted by Crippen LogP contribution is -2.46. The molecular formula is C12H25N. The summed E-state index contributed by atoms with van der Waals surface area (Å²) in [5.41, 5.74) is 0.386. The molecule has 0 amide bonds. The monoisotopic (exact) mass is 183 g/mol. The van der Waals surface area contributed by atoms with Gasteiger partial charge in [0.25, 0.3) is 0 Å². The molecule has 0 radical (unpaired) electrons. The molecule has 0 spiro atoms. The lowest BCUT2D eigenvalue weighted by atomic mass is 9.90. The molecule has 13 heavy (non-hydrogen) atoms. The summed E-state index contributed by atoms with van der Waals surface area (Å²) in [6.45, 7) is 11.9. The first kappa shape index (κ1) is 11.0. The van der Waals surface area contributed by atoms with Crippen LogP contribution >= 0.6 is 0 Å². The first-order valence-corrected chi connectivity index (χ1v) is 5.79. The molecule has 1 aliphatic heterocycles. The van der Waals surface area contributed by atoms with Gasteiger partial charge in [-0.25, -0.2) is 0 Å². The second kappa shape index (κ2) is 4.45. The predicted molar refractivity (Wildman–Crippen MR) is 59.0 cm³/mol. The molecule has 1 fully saturated rings. The van der Waals surface area contributed by atoms with Crippen molar-refractivity contribution in [2.24, 2.45) is 5.92 Å². The van der Waals surface area contributed by atoms with Gasteiger partial charge in [0.2, 0.25) is 0 Å². The maximum atomic E-state index is 2.62.